The molecule has 0 bridgehead atoms. The van der Waals surface area contributed by atoms with E-state index in [1.807, 2.05) is 0 Å². The van der Waals surface area contributed by atoms with E-state index >= 15 is 0 Å². The molecule has 1 aliphatic rings. The lowest BCUT2D eigenvalue weighted by atomic mass is 9.95. The molecule has 1 aromatic carbocycles. The van der Waals surface area contributed by atoms with Crippen LogP contribution >= 0.6 is 0 Å². The Kier molecular flexibility index (Phi) is 4.28. The maximum atomic E-state index is 3.69. The number of hydrogen-bond donors (Lipinski definition) is 1. The average molecular weight is 246 g/mol. The molecule has 3 atom stereocenters. The molecule has 0 saturated carbocycles. The first-order valence-electron chi connectivity index (χ1n) is 7.18. The molecule has 2 nitrogen and oxygen atoms in total. The van der Waals surface area contributed by atoms with Gasteiger partial charge >= 0.3 is 0 Å². The van der Waals surface area contributed by atoms with Crippen LogP contribution in [-0.4, -0.2) is 25.2 Å². The first kappa shape index (κ1) is 13.4. The molecule has 1 fully saturated rings. The summed E-state index contributed by atoms with van der Waals surface area (Å²) in [5.74, 6) is 0.741. The van der Waals surface area contributed by atoms with Gasteiger partial charge in [-0.3, -0.25) is 0 Å². The van der Waals surface area contributed by atoms with Crippen LogP contribution in [0, 0.1) is 12.8 Å². The highest BCUT2D eigenvalue weighted by Gasteiger charge is 2.27. The van der Waals surface area contributed by atoms with Gasteiger partial charge in [0.25, 0.3) is 0 Å². The van der Waals surface area contributed by atoms with Crippen LogP contribution in [0.1, 0.15) is 32.8 Å². The van der Waals surface area contributed by atoms with Crippen molar-refractivity contribution >= 4 is 5.69 Å². The normalized spacial score (nSPS) is 26.1. The van der Waals surface area contributed by atoms with Crippen LogP contribution in [0.2, 0.25) is 0 Å². The molecule has 1 aliphatic heterocycles. The van der Waals surface area contributed by atoms with Crippen molar-refractivity contribution in [2.45, 2.75) is 46.2 Å². The van der Waals surface area contributed by atoms with Crippen LogP contribution in [0.4, 0.5) is 5.69 Å². The Morgan fingerprint density at radius 1 is 1.44 bits per heavy atom. The fourth-order valence-electron chi connectivity index (χ4n) is 2.72. The summed E-state index contributed by atoms with van der Waals surface area (Å²) in [5.41, 5.74) is 2.72. The molecule has 1 saturated heterocycles. The molecule has 1 aromatic rings. The quantitative estimate of drug-likeness (QED) is 0.881. The van der Waals surface area contributed by atoms with Gasteiger partial charge < -0.3 is 10.2 Å². The standard InChI is InChI=1S/C16H26N2/c1-5-13(3)16-11-18(14(4)10-17-16)15-8-6-7-12(2)9-15/h6-9,13-14,16-17H,5,10-11H2,1-4H3. The van der Waals surface area contributed by atoms with Crippen LogP contribution in [0.15, 0.2) is 24.3 Å². The van der Waals surface area contributed by atoms with Crippen LogP contribution in [0.5, 0.6) is 0 Å². The molecular weight excluding hydrogens is 220 g/mol. The fourth-order valence-corrected chi connectivity index (χ4v) is 2.72. The molecule has 0 aromatic heterocycles. The summed E-state index contributed by atoms with van der Waals surface area (Å²) in [5, 5.41) is 3.69. The van der Waals surface area contributed by atoms with Gasteiger partial charge in [0.15, 0.2) is 0 Å². The van der Waals surface area contributed by atoms with Gasteiger partial charge in [-0.25, -0.2) is 0 Å². The molecule has 1 heterocycles. The van der Waals surface area contributed by atoms with E-state index in [0.29, 0.717) is 12.1 Å². The van der Waals surface area contributed by atoms with Crippen LogP contribution in [-0.2, 0) is 0 Å². The summed E-state index contributed by atoms with van der Waals surface area (Å²) >= 11 is 0. The second kappa shape index (κ2) is 5.75. The molecule has 2 heteroatoms. The third-order valence-electron chi connectivity index (χ3n) is 4.27. The largest absolute Gasteiger partial charge is 0.366 e. The van der Waals surface area contributed by atoms with E-state index in [9.17, 15) is 0 Å². The van der Waals surface area contributed by atoms with Crippen molar-refractivity contribution in [1.82, 2.24) is 5.32 Å². The van der Waals surface area contributed by atoms with Crippen molar-refractivity contribution in [1.29, 1.82) is 0 Å². The molecule has 18 heavy (non-hydrogen) atoms. The SMILES string of the molecule is CCC(C)C1CN(c2cccc(C)c2)C(C)CN1. The minimum atomic E-state index is 0.576. The number of hydrogen-bond acceptors (Lipinski definition) is 2. The molecule has 2 rings (SSSR count). The van der Waals surface area contributed by atoms with Gasteiger partial charge in [-0.15, -0.1) is 0 Å². The van der Waals surface area contributed by atoms with Crippen molar-refractivity contribution in [3.63, 3.8) is 0 Å². The predicted octanol–water partition coefficient (Wildman–Crippen LogP) is 3.21. The minimum absolute atomic E-state index is 0.576. The lowest BCUT2D eigenvalue weighted by Gasteiger charge is -2.42. The lowest BCUT2D eigenvalue weighted by Crippen LogP contribution is -2.57. The van der Waals surface area contributed by atoms with Gasteiger partial charge in [-0.2, -0.15) is 0 Å². The Balaban J connectivity index is 2.15. The Morgan fingerprint density at radius 2 is 2.22 bits per heavy atom. The molecule has 1 N–H and O–H groups in total. The minimum Gasteiger partial charge on any atom is -0.366 e. The van der Waals surface area contributed by atoms with E-state index in [1.54, 1.807) is 0 Å². The van der Waals surface area contributed by atoms with Gasteiger partial charge in [0.2, 0.25) is 0 Å². The maximum absolute atomic E-state index is 3.69. The smallest absolute Gasteiger partial charge is 0.0387 e. The maximum Gasteiger partial charge on any atom is 0.0387 e. The summed E-state index contributed by atoms with van der Waals surface area (Å²) in [6, 6.07) is 10.1. The Morgan fingerprint density at radius 3 is 2.89 bits per heavy atom. The van der Waals surface area contributed by atoms with E-state index < -0.39 is 0 Å². The highest BCUT2D eigenvalue weighted by atomic mass is 15.2. The fraction of sp³-hybridized carbons (Fsp3) is 0.625. The Hall–Kier alpha value is -1.02. The number of nitrogens with zero attached hydrogens (tertiary/aromatic N) is 1. The van der Waals surface area contributed by atoms with Crippen molar-refractivity contribution in [2.24, 2.45) is 5.92 Å². The van der Waals surface area contributed by atoms with Gasteiger partial charge in [0, 0.05) is 30.9 Å². The van der Waals surface area contributed by atoms with E-state index in [2.05, 4.69) is 62.2 Å². The molecule has 0 amide bonds. The van der Waals surface area contributed by atoms with E-state index in [-0.39, 0.29) is 0 Å². The average Bonchev–Trinajstić information content (AvgIpc) is 2.38. The molecule has 0 aliphatic carbocycles. The summed E-state index contributed by atoms with van der Waals surface area (Å²) in [6.45, 7) is 11.3. The van der Waals surface area contributed by atoms with E-state index in [0.717, 1.165) is 19.0 Å². The van der Waals surface area contributed by atoms with Crippen LogP contribution in [0.25, 0.3) is 0 Å². The number of nitrogens with one attached hydrogen (secondary N) is 1. The zero-order valence-corrected chi connectivity index (χ0v) is 12.1. The number of piperazine rings is 1. The van der Waals surface area contributed by atoms with Gasteiger partial charge in [0.05, 0.1) is 0 Å². The highest BCUT2D eigenvalue weighted by molar-refractivity contribution is 5.50. The molecular formula is C16H26N2. The number of anilines is 1. The zero-order valence-electron chi connectivity index (χ0n) is 12.1. The predicted molar refractivity (Wildman–Crippen MR) is 79.2 cm³/mol. The monoisotopic (exact) mass is 246 g/mol. The summed E-state index contributed by atoms with van der Waals surface area (Å²) < 4.78 is 0. The number of aryl methyl sites for hydroxylation is 1. The second-order valence-electron chi connectivity index (χ2n) is 5.74. The Bertz CT molecular complexity index is 388. The van der Waals surface area contributed by atoms with Crippen LogP contribution in [0.3, 0.4) is 0 Å². The van der Waals surface area contributed by atoms with Crippen molar-refractivity contribution in [2.75, 3.05) is 18.0 Å². The zero-order chi connectivity index (χ0) is 13.1. The lowest BCUT2D eigenvalue weighted by molar-refractivity contribution is 0.316. The summed E-state index contributed by atoms with van der Waals surface area (Å²) in [6.07, 6.45) is 1.24. The van der Waals surface area contributed by atoms with Gasteiger partial charge in [0.1, 0.15) is 0 Å². The van der Waals surface area contributed by atoms with Crippen LogP contribution < -0.4 is 10.2 Å². The molecule has 100 valence electrons. The molecule has 0 radical (unpaired) electrons. The summed E-state index contributed by atoms with van der Waals surface area (Å²) in [4.78, 5) is 2.56. The summed E-state index contributed by atoms with van der Waals surface area (Å²) in [7, 11) is 0. The first-order valence-corrected chi connectivity index (χ1v) is 7.18. The van der Waals surface area contributed by atoms with Crippen molar-refractivity contribution < 1.29 is 0 Å². The highest BCUT2D eigenvalue weighted by Crippen LogP contribution is 2.23. The third-order valence-corrected chi connectivity index (χ3v) is 4.27. The van der Waals surface area contributed by atoms with E-state index in [1.165, 1.54) is 17.7 Å². The molecule has 3 unspecified atom stereocenters. The number of rotatable bonds is 3. The topological polar surface area (TPSA) is 15.3 Å². The van der Waals surface area contributed by atoms with Gasteiger partial charge in [-0.05, 0) is 37.5 Å². The Labute approximate surface area is 111 Å². The third kappa shape index (κ3) is 2.86. The van der Waals surface area contributed by atoms with Crippen molar-refractivity contribution in [3.8, 4) is 0 Å². The van der Waals surface area contributed by atoms with Crippen molar-refractivity contribution in [3.05, 3.63) is 29.8 Å². The number of benzene rings is 1. The molecule has 0 spiro atoms. The van der Waals surface area contributed by atoms with Gasteiger partial charge in [-0.1, -0.05) is 32.4 Å². The first-order chi connectivity index (χ1) is 8.61. The van der Waals surface area contributed by atoms with E-state index in [4.69, 9.17) is 0 Å². The second-order valence-corrected chi connectivity index (χ2v) is 5.74.